The van der Waals surface area contributed by atoms with E-state index in [9.17, 15) is 22.0 Å². The molecule has 0 spiro atoms. The first-order valence-corrected chi connectivity index (χ1v) is 10.3. The van der Waals surface area contributed by atoms with Crippen LogP contribution in [0.25, 0.3) is 11.3 Å². The number of imidazole rings is 1. The number of benzene rings is 1. The van der Waals surface area contributed by atoms with E-state index < -0.39 is 33.1 Å². The molecule has 1 aliphatic rings. The van der Waals surface area contributed by atoms with Gasteiger partial charge >= 0.3 is 0 Å². The van der Waals surface area contributed by atoms with Crippen molar-refractivity contribution in [3.8, 4) is 11.3 Å². The molecule has 0 radical (unpaired) electrons. The monoisotopic (exact) mass is 414 g/mol. The topological polar surface area (TPSA) is 102 Å². The van der Waals surface area contributed by atoms with Gasteiger partial charge in [-0.15, -0.1) is 4.83 Å². The summed E-state index contributed by atoms with van der Waals surface area (Å²) in [6.07, 6.45) is 4.24. The Kier molecular flexibility index (Phi) is 6.06. The van der Waals surface area contributed by atoms with Gasteiger partial charge in [0.15, 0.2) is 11.6 Å². The minimum atomic E-state index is -3.84. The third-order valence-electron chi connectivity index (χ3n) is 4.39. The zero-order chi connectivity index (χ0) is 20.3. The molecule has 0 unspecified atom stereocenters. The smallest absolute Gasteiger partial charge is 0.269 e. The molecule has 2 heterocycles. The summed E-state index contributed by atoms with van der Waals surface area (Å²) >= 11 is 0. The van der Waals surface area contributed by atoms with Crippen molar-refractivity contribution in [1.82, 2.24) is 19.8 Å². The van der Waals surface area contributed by atoms with Crippen molar-refractivity contribution in [3.63, 3.8) is 0 Å². The highest BCUT2D eigenvalue weighted by Gasteiger charge is 2.24. The van der Waals surface area contributed by atoms with E-state index in [2.05, 4.69) is 4.98 Å². The third-order valence-corrected chi connectivity index (χ3v) is 5.71. The zero-order valence-electron chi connectivity index (χ0n) is 15.1. The van der Waals surface area contributed by atoms with Gasteiger partial charge in [0.1, 0.15) is 0 Å². The molecule has 1 aromatic carbocycles. The first kappa shape index (κ1) is 20.4. The standard InChI is InChI=1S/C17H20F2N4O4S/c1-23-8-15(20-10-23)12-6-13(16(19)14(18)7-12)17(24)21-22-28(25,26)9-11-2-4-27-5-3-11/h6-8,10-11,22H,2-5,9H2,1H3,(H,21,24). The Morgan fingerprint density at radius 2 is 2.04 bits per heavy atom. The third kappa shape index (κ3) is 4.91. The molecule has 0 bridgehead atoms. The first-order valence-electron chi connectivity index (χ1n) is 8.60. The Labute approximate surface area is 160 Å². The number of hydrogen-bond acceptors (Lipinski definition) is 5. The molecule has 28 heavy (non-hydrogen) atoms. The quantitative estimate of drug-likeness (QED) is 0.695. The summed E-state index contributed by atoms with van der Waals surface area (Å²) in [7, 11) is -2.13. The van der Waals surface area contributed by atoms with Gasteiger partial charge in [-0.3, -0.25) is 10.2 Å². The molecule has 8 nitrogen and oxygen atoms in total. The summed E-state index contributed by atoms with van der Waals surface area (Å²) in [5.74, 6) is -4.00. The molecule has 0 saturated carbocycles. The normalized spacial score (nSPS) is 15.5. The summed E-state index contributed by atoms with van der Waals surface area (Å²) in [5.41, 5.74) is 1.84. The van der Waals surface area contributed by atoms with Gasteiger partial charge in [-0.1, -0.05) is 0 Å². The van der Waals surface area contributed by atoms with E-state index in [0.717, 1.165) is 12.1 Å². The van der Waals surface area contributed by atoms with Crippen LogP contribution in [0.4, 0.5) is 8.78 Å². The van der Waals surface area contributed by atoms with Crippen LogP contribution in [0.15, 0.2) is 24.7 Å². The van der Waals surface area contributed by atoms with Gasteiger partial charge in [-0.05, 0) is 30.9 Å². The molecular formula is C17H20F2N4O4S. The van der Waals surface area contributed by atoms with Crippen molar-refractivity contribution in [1.29, 1.82) is 0 Å². The number of amides is 1. The van der Waals surface area contributed by atoms with Crippen molar-refractivity contribution in [3.05, 3.63) is 41.9 Å². The minimum Gasteiger partial charge on any atom is -0.381 e. The van der Waals surface area contributed by atoms with Gasteiger partial charge in [0.2, 0.25) is 10.0 Å². The summed E-state index contributed by atoms with van der Waals surface area (Å²) in [6, 6.07) is 2.03. The molecule has 2 N–H and O–H groups in total. The first-order chi connectivity index (χ1) is 13.2. The molecule has 11 heteroatoms. The number of nitrogens with zero attached hydrogens (tertiary/aromatic N) is 2. The Bertz CT molecular complexity index is 972. The number of carbonyl (C=O) groups is 1. The van der Waals surface area contributed by atoms with Crippen LogP contribution in [0, 0.1) is 17.6 Å². The fourth-order valence-electron chi connectivity index (χ4n) is 2.92. The molecule has 152 valence electrons. The van der Waals surface area contributed by atoms with Crippen LogP contribution >= 0.6 is 0 Å². The summed E-state index contributed by atoms with van der Waals surface area (Å²) in [5, 5.41) is 0. The fourth-order valence-corrected chi connectivity index (χ4v) is 4.21. The van der Waals surface area contributed by atoms with Crippen LogP contribution in [0.5, 0.6) is 0 Å². The van der Waals surface area contributed by atoms with Crippen molar-refractivity contribution in [2.45, 2.75) is 12.8 Å². The second-order valence-electron chi connectivity index (χ2n) is 6.64. The van der Waals surface area contributed by atoms with Crippen molar-refractivity contribution in [2.75, 3.05) is 19.0 Å². The van der Waals surface area contributed by atoms with Gasteiger partial charge < -0.3 is 9.30 Å². The second-order valence-corrected chi connectivity index (χ2v) is 8.40. The molecule has 2 aromatic rings. The number of hydrogen-bond donors (Lipinski definition) is 2. The highest BCUT2D eigenvalue weighted by molar-refractivity contribution is 7.89. The molecule has 3 rings (SSSR count). The zero-order valence-corrected chi connectivity index (χ0v) is 15.9. The summed E-state index contributed by atoms with van der Waals surface area (Å²) < 4.78 is 59.1. The van der Waals surface area contributed by atoms with Crippen LogP contribution in [0.2, 0.25) is 0 Å². The van der Waals surface area contributed by atoms with Gasteiger partial charge in [0.25, 0.3) is 5.91 Å². The summed E-state index contributed by atoms with van der Waals surface area (Å²) in [6.45, 7) is 0.967. The van der Waals surface area contributed by atoms with E-state index in [1.165, 1.54) is 6.33 Å². The SMILES string of the molecule is Cn1cnc(-c2cc(F)c(F)c(C(=O)NNS(=O)(=O)CC3CCOCC3)c2)c1. The highest BCUT2D eigenvalue weighted by atomic mass is 32.2. The average Bonchev–Trinajstić information content (AvgIpc) is 3.09. The van der Waals surface area contributed by atoms with Crippen LogP contribution in [0.1, 0.15) is 23.2 Å². The van der Waals surface area contributed by atoms with Crippen molar-refractivity contribution in [2.24, 2.45) is 13.0 Å². The van der Waals surface area contributed by atoms with E-state index in [0.29, 0.717) is 31.7 Å². The van der Waals surface area contributed by atoms with Gasteiger partial charge in [-0.25, -0.2) is 22.2 Å². The van der Waals surface area contributed by atoms with Crippen LogP contribution in [-0.4, -0.2) is 42.8 Å². The molecule has 0 atom stereocenters. The van der Waals surface area contributed by atoms with Crippen LogP contribution in [-0.2, 0) is 21.8 Å². The number of aryl methyl sites for hydroxylation is 1. The molecule has 0 aliphatic carbocycles. The van der Waals surface area contributed by atoms with Gasteiger partial charge in [-0.2, -0.15) is 0 Å². The maximum Gasteiger partial charge on any atom is 0.269 e. The Hall–Kier alpha value is -2.37. The number of aromatic nitrogens is 2. The van der Waals surface area contributed by atoms with Crippen LogP contribution < -0.4 is 10.3 Å². The lowest BCUT2D eigenvalue weighted by atomic mass is 10.0. The summed E-state index contributed by atoms with van der Waals surface area (Å²) in [4.78, 5) is 18.2. The number of halogens is 2. The maximum absolute atomic E-state index is 14.1. The molecule has 1 amide bonds. The predicted octanol–water partition coefficient (Wildman–Crippen LogP) is 1.36. The lowest BCUT2D eigenvalue weighted by molar-refractivity contribution is 0.0722. The highest BCUT2D eigenvalue weighted by Crippen LogP contribution is 2.23. The fraction of sp³-hybridized carbons (Fsp3) is 0.412. The number of ether oxygens (including phenoxy) is 1. The number of nitrogens with one attached hydrogen (secondary N) is 2. The van der Waals surface area contributed by atoms with E-state index in [-0.39, 0.29) is 17.2 Å². The number of carbonyl (C=O) groups excluding carboxylic acids is 1. The van der Waals surface area contributed by atoms with E-state index in [4.69, 9.17) is 4.74 Å². The van der Waals surface area contributed by atoms with Crippen molar-refractivity contribution < 1.29 is 26.7 Å². The Balaban J connectivity index is 1.72. The lowest BCUT2D eigenvalue weighted by Crippen LogP contribution is -2.44. The largest absolute Gasteiger partial charge is 0.381 e. The number of rotatable bonds is 6. The van der Waals surface area contributed by atoms with E-state index >= 15 is 0 Å². The molecule has 1 aromatic heterocycles. The maximum atomic E-state index is 14.1. The van der Waals surface area contributed by atoms with Crippen LogP contribution in [0.3, 0.4) is 0 Å². The number of hydrazine groups is 1. The second kappa shape index (κ2) is 8.33. The average molecular weight is 414 g/mol. The molecule has 1 aliphatic heterocycles. The van der Waals surface area contributed by atoms with Crippen molar-refractivity contribution >= 4 is 15.9 Å². The lowest BCUT2D eigenvalue weighted by Gasteiger charge is -2.21. The Morgan fingerprint density at radius 1 is 1.32 bits per heavy atom. The molecule has 1 fully saturated rings. The van der Waals surface area contributed by atoms with E-state index in [1.807, 2.05) is 10.3 Å². The van der Waals surface area contributed by atoms with E-state index in [1.54, 1.807) is 17.8 Å². The predicted molar refractivity (Wildman–Crippen MR) is 96.5 cm³/mol. The minimum absolute atomic E-state index is 0.0928. The molecular weight excluding hydrogens is 394 g/mol. The molecule has 1 saturated heterocycles. The van der Waals surface area contributed by atoms with Gasteiger partial charge in [0.05, 0.1) is 23.3 Å². The Morgan fingerprint density at radius 3 is 2.68 bits per heavy atom. The van der Waals surface area contributed by atoms with Gasteiger partial charge in [0, 0.05) is 32.0 Å². The number of sulfonamides is 1.